The molecular weight excluding hydrogens is 503 g/mol. The molecule has 4 rings (SSSR count). The fourth-order valence-electron chi connectivity index (χ4n) is 4.46. The van der Waals surface area contributed by atoms with Crippen LogP contribution in [0.1, 0.15) is 42.4 Å². The fourth-order valence-corrected chi connectivity index (χ4v) is 4.46. The Kier molecular flexibility index (Phi) is 8.30. The van der Waals surface area contributed by atoms with Crippen molar-refractivity contribution in [2.75, 3.05) is 16.0 Å². The van der Waals surface area contributed by atoms with E-state index in [1.165, 1.54) is 16.9 Å². The van der Waals surface area contributed by atoms with E-state index in [2.05, 4.69) is 21.2 Å². The Morgan fingerprint density at radius 2 is 1.79 bits per heavy atom. The van der Waals surface area contributed by atoms with E-state index in [9.17, 15) is 27.9 Å². The minimum absolute atomic E-state index is 0.0183. The molecule has 2 aromatic carbocycles. The predicted molar refractivity (Wildman–Crippen MR) is 132 cm³/mol. The number of carbonyl (C=O) groups excluding carboxylic acids is 2. The van der Waals surface area contributed by atoms with Gasteiger partial charge in [-0.1, -0.05) is 41.8 Å². The van der Waals surface area contributed by atoms with Gasteiger partial charge < -0.3 is 15.7 Å². The molecule has 1 heterocycles. The Hall–Kier alpha value is -3.93. The number of alkyl halides is 3. The minimum atomic E-state index is -4.70. The van der Waals surface area contributed by atoms with Gasteiger partial charge in [-0.25, -0.2) is 4.79 Å². The van der Waals surface area contributed by atoms with Crippen LogP contribution in [0.3, 0.4) is 0 Å². The van der Waals surface area contributed by atoms with E-state index >= 15 is 0 Å². The number of halogens is 3. The normalized spacial score (nSPS) is 17.6. The SMILES string of the molecule is Cc1ccccc1CC(=O)Nc1cc(NC(=O)Nc2c[n+](C[C@@H]3CCCC[C@@H]3O)no2)cc(C(F)(F)F)c1. The second-order valence-electron chi connectivity index (χ2n) is 9.43. The van der Waals surface area contributed by atoms with Gasteiger partial charge in [-0.3, -0.25) is 14.6 Å². The monoisotopic (exact) mass is 532 g/mol. The molecule has 0 saturated heterocycles. The Labute approximate surface area is 217 Å². The molecule has 0 aliphatic heterocycles. The maximum atomic E-state index is 13.5. The Bertz CT molecular complexity index is 1290. The van der Waals surface area contributed by atoms with Crippen LogP contribution in [0.25, 0.3) is 0 Å². The van der Waals surface area contributed by atoms with Crippen molar-refractivity contribution in [3.63, 3.8) is 0 Å². The summed E-state index contributed by atoms with van der Waals surface area (Å²) in [6, 6.07) is 9.14. The number of aliphatic hydroxyl groups is 1. The second kappa shape index (κ2) is 11.6. The zero-order valence-corrected chi connectivity index (χ0v) is 20.7. The number of amides is 3. The molecule has 3 aromatic rings. The van der Waals surface area contributed by atoms with E-state index in [4.69, 9.17) is 4.52 Å². The summed E-state index contributed by atoms with van der Waals surface area (Å²) in [6.45, 7) is 2.25. The molecule has 1 aliphatic carbocycles. The number of benzene rings is 2. The van der Waals surface area contributed by atoms with Crippen molar-refractivity contribution < 1.29 is 37.1 Å². The van der Waals surface area contributed by atoms with Crippen molar-refractivity contribution in [1.82, 2.24) is 5.27 Å². The number of anilines is 3. The summed E-state index contributed by atoms with van der Waals surface area (Å²) in [5.41, 5.74) is 0.301. The van der Waals surface area contributed by atoms with Crippen molar-refractivity contribution in [3.8, 4) is 0 Å². The van der Waals surface area contributed by atoms with E-state index in [0.29, 0.717) is 6.54 Å². The minimum Gasteiger partial charge on any atom is -0.393 e. The molecule has 38 heavy (non-hydrogen) atoms. The smallest absolute Gasteiger partial charge is 0.393 e. The van der Waals surface area contributed by atoms with Crippen LogP contribution < -0.4 is 20.6 Å². The first-order valence-electron chi connectivity index (χ1n) is 12.3. The molecule has 202 valence electrons. The molecule has 9 nitrogen and oxygen atoms in total. The highest BCUT2D eigenvalue weighted by Gasteiger charge is 2.32. The van der Waals surface area contributed by atoms with Crippen molar-refractivity contribution in [2.45, 2.75) is 57.9 Å². The first kappa shape index (κ1) is 27.1. The molecular formula is C26H29F3N5O4+. The van der Waals surface area contributed by atoms with E-state index in [-0.39, 0.29) is 29.6 Å². The van der Waals surface area contributed by atoms with Gasteiger partial charge in [0.25, 0.3) is 6.20 Å². The second-order valence-corrected chi connectivity index (χ2v) is 9.43. The molecule has 4 N–H and O–H groups in total. The molecule has 3 amide bonds. The number of nitrogens with one attached hydrogen (secondary N) is 3. The zero-order chi connectivity index (χ0) is 27.3. The maximum absolute atomic E-state index is 13.5. The summed E-state index contributed by atoms with van der Waals surface area (Å²) in [5.74, 6) is -0.500. The summed E-state index contributed by atoms with van der Waals surface area (Å²) in [6.07, 6.45) is -0.157. The molecule has 0 radical (unpaired) electrons. The molecule has 0 bridgehead atoms. The summed E-state index contributed by atoms with van der Waals surface area (Å²) < 4.78 is 47.1. The number of nitrogens with zero attached hydrogens (tertiary/aromatic N) is 2. The van der Waals surface area contributed by atoms with Gasteiger partial charge in [0.05, 0.1) is 18.1 Å². The average molecular weight is 533 g/mol. The summed E-state index contributed by atoms with van der Waals surface area (Å²) in [7, 11) is 0. The third-order valence-corrected chi connectivity index (χ3v) is 6.45. The zero-order valence-electron chi connectivity index (χ0n) is 20.7. The summed E-state index contributed by atoms with van der Waals surface area (Å²) in [4.78, 5) is 25.0. The van der Waals surface area contributed by atoms with Gasteiger partial charge >= 0.3 is 18.1 Å². The number of carbonyl (C=O) groups is 2. The molecule has 1 saturated carbocycles. The lowest BCUT2D eigenvalue weighted by molar-refractivity contribution is -0.768. The van der Waals surface area contributed by atoms with E-state index in [1.54, 1.807) is 12.1 Å². The Morgan fingerprint density at radius 1 is 1.08 bits per heavy atom. The van der Waals surface area contributed by atoms with Crippen molar-refractivity contribution in [3.05, 3.63) is 65.4 Å². The highest BCUT2D eigenvalue weighted by Crippen LogP contribution is 2.33. The van der Waals surface area contributed by atoms with E-state index < -0.39 is 29.8 Å². The van der Waals surface area contributed by atoms with Crippen molar-refractivity contribution in [2.24, 2.45) is 5.92 Å². The van der Waals surface area contributed by atoms with Crippen LogP contribution in [0.5, 0.6) is 0 Å². The number of aliphatic hydroxyl groups excluding tert-OH is 1. The summed E-state index contributed by atoms with van der Waals surface area (Å²) in [5, 5.41) is 21.2. The van der Waals surface area contributed by atoms with Crippen molar-refractivity contribution in [1.29, 1.82) is 0 Å². The third-order valence-electron chi connectivity index (χ3n) is 6.45. The Balaban J connectivity index is 1.41. The van der Waals surface area contributed by atoms with Crippen LogP contribution in [0.2, 0.25) is 0 Å². The molecule has 0 spiro atoms. The number of rotatable bonds is 7. The lowest BCUT2D eigenvalue weighted by atomic mass is 9.86. The van der Waals surface area contributed by atoms with E-state index in [1.807, 2.05) is 19.1 Å². The standard InChI is InChI=1S/C26H28F3N5O4/c1-16-6-2-3-7-17(16)10-23(36)30-20-11-19(26(27,28)29)12-21(13-20)31-25(37)32-24-15-34(33-38-24)14-18-8-4-5-9-22(18)35/h2-3,6-7,11-13,15,18,22,35H,4-5,8-10,14H2,1H3,(H2-,30,31,32,33,36,37)/p+1/t18-,22-/m0/s1. The molecule has 0 unspecified atom stereocenters. The first-order chi connectivity index (χ1) is 18.1. The fraction of sp³-hybridized carbons (Fsp3) is 0.385. The van der Waals surface area contributed by atoms with Crippen LogP contribution in [0.4, 0.5) is 35.2 Å². The average Bonchev–Trinajstić information content (AvgIpc) is 3.27. The highest BCUT2D eigenvalue weighted by molar-refractivity contribution is 6.00. The van der Waals surface area contributed by atoms with Crippen LogP contribution in [0.15, 0.2) is 53.2 Å². The molecule has 2 atom stereocenters. The topological polar surface area (TPSA) is 120 Å². The number of urea groups is 1. The van der Waals surface area contributed by atoms with Crippen LogP contribution in [-0.4, -0.2) is 28.4 Å². The largest absolute Gasteiger partial charge is 0.416 e. The number of hydrogen-bond acceptors (Lipinski definition) is 5. The molecule has 1 aliphatic rings. The number of aromatic nitrogens is 2. The van der Waals surface area contributed by atoms with Crippen LogP contribution >= 0.6 is 0 Å². The number of hydrogen-bond donors (Lipinski definition) is 4. The lowest BCUT2D eigenvalue weighted by Crippen LogP contribution is -2.43. The highest BCUT2D eigenvalue weighted by atomic mass is 19.4. The van der Waals surface area contributed by atoms with Gasteiger partial charge in [0.2, 0.25) is 11.2 Å². The van der Waals surface area contributed by atoms with Gasteiger partial charge in [-0.05, 0) is 49.1 Å². The van der Waals surface area contributed by atoms with Crippen LogP contribution in [-0.2, 0) is 23.9 Å². The first-order valence-corrected chi connectivity index (χ1v) is 12.3. The van der Waals surface area contributed by atoms with Gasteiger partial charge in [0.1, 0.15) is 0 Å². The quantitative estimate of drug-likeness (QED) is 0.330. The van der Waals surface area contributed by atoms with Crippen molar-refractivity contribution >= 4 is 29.2 Å². The van der Waals surface area contributed by atoms with E-state index in [0.717, 1.165) is 48.9 Å². The van der Waals surface area contributed by atoms with Gasteiger partial charge in [0, 0.05) is 17.3 Å². The third kappa shape index (κ3) is 7.31. The maximum Gasteiger partial charge on any atom is 0.416 e. The Morgan fingerprint density at radius 3 is 2.50 bits per heavy atom. The van der Waals surface area contributed by atoms with Gasteiger partial charge in [-0.2, -0.15) is 13.2 Å². The van der Waals surface area contributed by atoms with Gasteiger partial charge in [0.15, 0.2) is 6.54 Å². The van der Waals surface area contributed by atoms with Crippen LogP contribution in [0, 0.1) is 12.8 Å². The molecule has 1 aromatic heterocycles. The van der Waals surface area contributed by atoms with Gasteiger partial charge in [-0.15, -0.1) is 0 Å². The number of aryl methyl sites for hydroxylation is 1. The summed E-state index contributed by atoms with van der Waals surface area (Å²) >= 11 is 0. The molecule has 12 heteroatoms. The lowest BCUT2D eigenvalue weighted by Gasteiger charge is -2.23. The predicted octanol–water partition coefficient (Wildman–Crippen LogP) is 4.67. The molecule has 1 fully saturated rings.